The molecule has 7 heteroatoms. The number of carbonyl (C=O) groups is 1. The fourth-order valence-corrected chi connectivity index (χ4v) is 4.40. The number of benzene rings is 3. The number of hydrogen-bond donors (Lipinski definition) is 1. The second-order valence-electron chi connectivity index (χ2n) is 6.76. The van der Waals surface area contributed by atoms with Crippen molar-refractivity contribution in [3.05, 3.63) is 90.0 Å². The highest BCUT2D eigenvalue weighted by Gasteiger charge is 2.29. The van der Waals surface area contributed by atoms with Crippen LogP contribution in [0.4, 0.5) is 5.69 Å². The lowest BCUT2D eigenvalue weighted by Gasteiger charge is -2.25. The number of nitrogens with zero attached hydrogens (tertiary/aromatic N) is 1. The van der Waals surface area contributed by atoms with Gasteiger partial charge in [0.1, 0.15) is 12.3 Å². The van der Waals surface area contributed by atoms with Gasteiger partial charge in [-0.05, 0) is 36.8 Å². The van der Waals surface area contributed by atoms with E-state index in [9.17, 15) is 13.2 Å². The Kier molecular flexibility index (Phi) is 6.74. The number of methoxy groups -OCH3 is 1. The second kappa shape index (κ2) is 9.45. The number of ether oxygens (including phenoxy) is 1. The molecular formula is C23H24N2O4S. The average molecular weight is 425 g/mol. The smallest absolute Gasteiger partial charge is 0.264 e. The molecule has 0 aliphatic heterocycles. The summed E-state index contributed by atoms with van der Waals surface area (Å²) in [6.45, 7) is 1.93. The lowest BCUT2D eigenvalue weighted by molar-refractivity contribution is -0.119. The summed E-state index contributed by atoms with van der Waals surface area (Å²) in [5.41, 5.74) is 2.36. The van der Waals surface area contributed by atoms with E-state index in [1.807, 2.05) is 31.2 Å². The lowest BCUT2D eigenvalue weighted by Crippen LogP contribution is -2.40. The number of aryl methyl sites for hydroxylation is 1. The molecule has 0 saturated heterocycles. The number of rotatable bonds is 8. The van der Waals surface area contributed by atoms with E-state index in [0.717, 1.165) is 15.4 Å². The van der Waals surface area contributed by atoms with Crippen LogP contribution in [0.15, 0.2) is 83.8 Å². The number of sulfonamides is 1. The molecule has 0 heterocycles. The van der Waals surface area contributed by atoms with Crippen molar-refractivity contribution in [2.45, 2.75) is 18.4 Å². The minimum absolute atomic E-state index is 0.0993. The molecule has 30 heavy (non-hydrogen) atoms. The molecule has 0 atom stereocenters. The van der Waals surface area contributed by atoms with Crippen molar-refractivity contribution in [3.63, 3.8) is 0 Å². The van der Waals surface area contributed by atoms with Crippen LogP contribution in [-0.4, -0.2) is 28.0 Å². The van der Waals surface area contributed by atoms with Crippen LogP contribution >= 0.6 is 0 Å². The van der Waals surface area contributed by atoms with Crippen molar-refractivity contribution in [2.24, 2.45) is 0 Å². The molecule has 0 unspecified atom stereocenters. The summed E-state index contributed by atoms with van der Waals surface area (Å²) in [6.07, 6.45) is 0. The summed E-state index contributed by atoms with van der Waals surface area (Å²) >= 11 is 0. The topological polar surface area (TPSA) is 75.7 Å². The third-order valence-electron chi connectivity index (χ3n) is 4.58. The molecule has 6 nitrogen and oxygen atoms in total. The molecule has 1 N–H and O–H groups in total. The predicted octanol–water partition coefficient (Wildman–Crippen LogP) is 3.52. The first-order chi connectivity index (χ1) is 14.4. The molecule has 0 aliphatic carbocycles. The first kappa shape index (κ1) is 21.4. The molecule has 0 saturated carbocycles. The minimum atomic E-state index is -3.98. The van der Waals surface area contributed by atoms with Gasteiger partial charge in [0.15, 0.2) is 0 Å². The van der Waals surface area contributed by atoms with E-state index in [1.165, 1.54) is 19.2 Å². The van der Waals surface area contributed by atoms with E-state index >= 15 is 0 Å². The molecule has 0 aliphatic rings. The van der Waals surface area contributed by atoms with Gasteiger partial charge >= 0.3 is 0 Å². The molecule has 3 aromatic rings. The Bertz CT molecular complexity index is 1100. The van der Waals surface area contributed by atoms with Gasteiger partial charge in [0, 0.05) is 6.54 Å². The molecule has 0 bridgehead atoms. The quantitative estimate of drug-likeness (QED) is 0.600. The van der Waals surface area contributed by atoms with Crippen molar-refractivity contribution in [1.29, 1.82) is 0 Å². The third-order valence-corrected chi connectivity index (χ3v) is 6.36. The summed E-state index contributed by atoms with van der Waals surface area (Å²) in [6, 6.07) is 22.5. The van der Waals surface area contributed by atoms with E-state index in [-0.39, 0.29) is 11.4 Å². The Balaban J connectivity index is 1.88. The molecule has 0 fully saturated rings. The van der Waals surface area contributed by atoms with Gasteiger partial charge in [0.05, 0.1) is 17.7 Å². The van der Waals surface area contributed by atoms with Crippen molar-refractivity contribution in [2.75, 3.05) is 18.0 Å². The lowest BCUT2D eigenvalue weighted by atomic mass is 10.1. The average Bonchev–Trinajstić information content (AvgIpc) is 2.77. The highest BCUT2D eigenvalue weighted by Crippen LogP contribution is 2.32. The minimum Gasteiger partial charge on any atom is -0.495 e. The molecular weight excluding hydrogens is 400 g/mol. The number of hydrogen-bond acceptors (Lipinski definition) is 4. The normalized spacial score (nSPS) is 11.0. The van der Waals surface area contributed by atoms with E-state index in [1.54, 1.807) is 42.5 Å². The van der Waals surface area contributed by atoms with Gasteiger partial charge in [-0.1, -0.05) is 60.2 Å². The first-order valence-electron chi connectivity index (χ1n) is 9.45. The Labute approximate surface area is 177 Å². The van der Waals surface area contributed by atoms with Crippen LogP contribution in [0.2, 0.25) is 0 Å². The zero-order valence-electron chi connectivity index (χ0n) is 16.9. The summed E-state index contributed by atoms with van der Waals surface area (Å²) in [7, 11) is -2.52. The van der Waals surface area contributed by atoms with E-state index in [0.29, 0.717) is 18.0 Å². The SMILES string of the molecule is COc1ccccc1N(CC(=O)NCc1ccc(C)cc1)S(=O)(=O)c1ccccc1. The molecule has 1 amide bonds. The maximum absolute atomic E-state index is 13.3. The zero-order chi connectivity index (χ0) is 21.6. The number of nitrogens with one attached hydrogen (secondary N) is 1. The molecule has 3 aromatic carbocycles. The highest BCUT2D eigenvalue weighted by molar-refractivity contribution is 7.92. The summed E-state index contributed by atoms with van der Waals surface area (Å²) < 4.78 is 33.1. The summed E-state index contributed by atoms with van der Waals surface area (Å²) in [4.78, 5) is 12.8. The van der Waals surface area contributed by atoms with Crippen LogP contribution in [0.25, 0.3) is 0 Å². The molecule has 0 aromatic heterocycles. The zero-order valence-corrected chi connectivity index (χ0v) is 17.7. The molecule has 3 rings (SSSR count). The summed E-state index contributed by atoms with van der Waals surface area (Å²) in [5, 5.41) is 2.79. The maximum Gasteiger partial charge on any atom is 0.264 e. The van der Waals surface area contributed by atoms with E-state index < -0.39 is 15.9 Å². The van der Waals surface area contributed by atoms with Gasteiger partial charge in [0.25, 0.3) is 10.0 Å². The van der Waals surface area contributed by atoms with Crippen LogP contribution < -0.4 is 14.4 Å². The van der Waals surface area contributed by atoms with Crippen molar-refractivity contribution >= 4 is 21.6 Å². The van der Waals surface area contributed by atoms with Gasteiger partial charge in [-0.15, -0.1) is 0 Å². The van der Waals surface area contributed by atoms with Crippen LogP contribution in [0.1, 0.15) is 11.1 Å². The largest absolute Gasteiger partial charge is 0.495 e. The Morgan fingerprint density at radius 3 is 2.23 bits per heavy atom. The van der Waals surface area contributed by atoms with Crippen molar-refractivity contribution in [3.8, 4) is 5.75 Å². The van der Waals surface area contributed by atoms with E-state index in [4.69, 9.17) is 4.74 Å². The number of carbonyl (C=O) groups excluding carboxylic acids is 1. The fourth-order valence-electron chi connectivity index (χ4n) is 2.95. The van der Waals surface area contributed by atoms with Gasteiger partial charge in [-0.25, -0.2) is 8.42 Å². The Hall–Kier alpha value is -3.32. The van der Waals surface area contributed by atoms with Gasteiger partial charge < -0.3 is 10.1 Å². The first-order valence-corrected chi connectivity index (χ1v) is 10.9. The Morgan fingerprint density at radius 1 is 0.933 bits per heavy atom. The van der Waals surface area contributed by atoms with Crippen LogP contribution in [-0.2, 0) is 21.4 Å². The number of para-hydroxylation sites is 2. The van der Waals surface area contributed by atoms with Crippen LogP contribution in [0.5, 0.6) is 5.75 Å². The maximum atomic E-state index is 13.3. The van der Waals surface area contributed by atoms with Crippen LogP contribution in [0, 0.1) is 6.92 Å². The Morgan fingerprint density at radius 2 is 1.57 bits per heavy atom. The van der Waals surface area contributed by atoms with Gasteiger partial charge in [-0.3, -0.25) is 9.10 Å². The monoisotopic (exact) mass is 424 g/mol. The van der Waals surface area contributed by atoms with Gasteiger partial charge in [0.2, 0.25) is 5.91 Å². The second-order valence-corrected chi connectivity index (χ2v) is 8.62. The fraction of sp³-hybridized carbons (Fsp3) is 0.174. The molecule has 0 radical (unpaired) electrons. The molecule has 0 spiro atoms. The number of amides is 1. The van der Waals surface area contributed by atoms with Crippen LogP contribution in [0.3, 0.4) is 0 Å². The number of anilines is 1. The van der Waals surface area contributed by atoms with E-state index in [2.05, 4.69) is 5.32 Å². The van der Waals surface area contributed by atoms with Gasteiger partial charge in [-0.2, -0.15) is 0 Å². The predicted molar refractivity (Wildman–Crippen MR) is 117 cm³/mol. The summed E-state index contributed by atoms with van der Waals surface area (Å²) in [5.74, 6) is -0.0515. The highest BCUT2D eigenvalue weighted by atomic mass is 32.2. The third kappa shape index (κ3) is 4.99. The molecule has 156 valence electrons. The standard InChI is InChI=1S/C23H24N2O4S/c1-18-12-14-19(15-13-18)16-24-23(26)17-25(21-10-6-7-11-22(21)29-2)30(27,28)20-8-4-3-5-9-20/h3-15H,16-17H2,1-2H3,(H,24,26). The van der Waals surface area contributed by atoms with Crippen molar-refractivity contribution in [1.82, 2.24) is 5.32 Å². The van der Waals surface area contributed by atoms with Crippen molar-refractivity contribution < 1.29 is 17.9 Å².